The van der Waals surface area contributed by atoms with Crippen molar-refractivity contribution in [1.29, 1.82) is 0 Å². The van der Waals surface area contributed by atoms with Crippen LogP contribution < -0.4 is 59.7 Å². The number of carbonyl (C=O) groups is 10. The van der Waals surface area contributed by atoms with Crippen molar-refractivity contribution in [1.82, 2.24) is 52.5 Å². The highest BCUT2D eigenvalue weighted by atomic mass is 16.2. The maximum atomic E-state index is 15.1. The van der Waals surface area contributed by atoms with Gasteiger partial charge in [-0.05, 0) is 85.7 Å². The number of primary amides is 3. The molecule has 0 spiro atoms. The lowest BCUT2D eigenvalue weighted by Crippen LogP contribution is -2.61. The van der Waals surface area contributed by atoms with Gasteiger partial charge < -0.3 is 69.7 Å². The number of H-pyrrole nitrogens is 2. The smallest absolute Gasteiger partial charge is 0.243 e. The average molecular weight is 1120 g/mol. The topological polar surface area (TPSA) is 377 Å². The molecule has 0 bridgehead atoms. The number of para-hydroxylation sites is 2. The van der Waals surface area contributed by atoms with Gasteiger partial charge in [-0.15, -0.1) is 0 Å². The first-order chi connectivity index (χ1) is 38.6. The molecule has 0 aliphatic carbocycles. The zero-order chi connectivity index (χ0) is 58.8. The van der Waals surface area contributed by atoms with Gasteiger partial charge in [-0.2, -0.15) is 0 Å². The third-order valence-corrected chi connectivity index (χ3v) is 14.1. The fourth-order valence-corrected chi connectivity index (χ4v) is 9.86. The van der Waals surface area contributed by atoms with E-state index in [2.05, 4.69) is 52.5 Å². The van der Waals surface area contributed by atoms with Crippen LogP contribution in [0.4, 0.5) is 0 Å². The zero-order valence-electron chi connectivity index (χ0n) is 46.2. The Bertz CT molecular complexity index is 3020. The second-order valence-corrected chi connectivity index (χ2v) is 21.6. The summed E-state index contributed by atoms with van der Waals surface area (Å²) in [5.41, 5.74) is 20.0. The van der Waals surface area contributed by atoms with Crippen LogP contribution in [-0.2, 0) is 67.2 Å². The van der Waals surface area contributed by atoms with E-state index in [-0.39, 0.29) is 69.6 Å². The van der Waals surface area contributed by atoms with Crippen molar-refractivity contribution >= 4 is 80.9 Å². The highest BCUT2D eigenvalue weighted by Gasteiger charge is 2.36. The predicted molar refractivity (Wildman–Crippen MR) is 304 cm³/mol. The summed E-state index contributed by atoms with van der Waals surface area (Å²) in [6.07, 6.45) is 3.45. The molecule has 5 aromatic rings. The van der Waals surface area contributed by atoms with Crippen molar-refractivity contribution in [3.8, 4) is 0 Å². The number of benzene rings is 3. The molecule has 434 valence electrons. The molecule has 3 heterocycles. The van der Waals surface area contributed by atoms with Crippen LogP contribution in [0.1, 0.15) is 95.8 Å². The molecule has 10 amide bonds. The molecule has 3 aromatic carbocycles. The van der Waals surface area contributed by atoms with Crippen LogP contribution >= 0.6 is 0 Å². The van der Waals surface area contributed by atoms with Gasteiger partial charge in [0, 0.05) is 66.3 Å². The Morgan fingerprint density at radius 3 is 1.33 bits per heavy atom. The summed E-state index contributed by atoms with van der Waals surface area (Å²) < 4.78 is 0. The molecule has 0 radical (unpaired) electrons. The quantitative estimate of drug-likeness (QED) is 0.0296. The number of amides is 10. The van der Waals surface area contributed by atoms with Gasteiger partial charge in [0.05, 0.1) is 6.04 Å². The first-order valence-electron chi connectivity index (χ1n) is 27.5. The van der Waals surface area contributed by atoms with E-state index in [0.29, 0.717) is 35.0 Å². The van der Waals surface area contributed by atoms with E-state index in [9.17, 15) is 38.4 Å². The van der Waals surface area contributed by atoms with Crippen LogP contribution in [0.25, 0.3) is 21.8 Å². The minimum Gasteiger partial charge on any atom is -0.370 e. The van der Waals surface area contributed by atoms with Crippen LogP contribution in [0.15, 0.2) is 91.3 Å². The molecule has 1 saturated heterocycles. The second kappa shape index (κ2) is 29.6. The molecule has 0 saturated carbocycles. The molecule has 23 heteroatoms. The van der Waals surface area contributed by atoms with Gasteiger partial charge >= 0.3 is 0 Å². The normalized spacial score (nSPS) is 15.8. The van der Waals surface area contributed by atoms with Gasteiger partial charge in [0.2, 0.25) is 59.1 Å². The monoisotopic (exact) mass is 1120 g/mol. The van der Waals surface area contributed by atoms with E-state index < -0.39 is 107 Å². The van der Waals surface area contributed by atoms with E-state index in [1.807, 2.05) is 70.2 Å². The maximum Gasteiger partial charge on any atom is 0.243 e. The summed E-state index contributed by atoms with van der Waals surface area (Å²) in [5, 5.41) is 23.8. The summed E-state index contributed by atoms with van der Waals surface area (Å²) in [6.45, 7) is 8.06. The molecule has 81 heavy (non-hydrogen) atoms. The number of aromatic nitrogens is 2. The number of nitrogens with one attached hydrogen (secondary N) is 10. The zero-order valence-corrected chi connectivity index (χ0v) is 46.2. The number of aromatic amines is 2. The predicted octanol–water partition coefficient (Wildman–Crippen LogP) is 0.931. The molecule has 6 rings (SSSR count). The summed E-state index contributed by atoms with van der Waals surface area (Å²) >= 11 is 0. The van der Waals surface area contributed by atoms with Crippen molar-refractivity contribution in [2.75, 3.05) is 6.54 Å². The average Bonchev–Trinajstić information content (AvgIpc) is 4.22. The van der Waals surface area contributed by atoms with Crippen molar-refractivity contribution in [3.63, 3.8) is 0 Å². The number of hydrogen-bond acceptors (Lipinski definition) is 11. The van der Waals surface area contributed by atoms with Crippen LogP contribution in [0.5, 0.6) is 0 Å². The lowest BCUT2D eigenvalue weighted by molar-refractivity contribution is -0.136. The minimum absolute atomic E-state index is 0.000753. The first kappa shape index (κ1) is 61.6. The Balaban J connectivity index is 1.33. The van der Waals surface area contributed by atoms with Crippen molar-refractivity contribution in [3.05, 3.63) is 108 Å². The molecule has 1 fully saturated rings. The molecule has 1 aliphatic rings. The lowest BCUT2D eigenvalue weighted by Gasteiger charge is -2.28. The third kappa shape index (κ3) is 18.5. The van der Waals surface area contributed by atoms with Gasteiger partial charge in [-0.1, -0.05) is 94.4 Å². The molecule has 2 aromatic heterocycles. The highest BCUT2D eigenvalue weighted by molar-refractivity contribution is 5.99. The van der Waals surface area contributed by atoms with E-state index in [4.69, 9.17) is 17.2 Å². The largest absolute Gasteiger partial charge is 0.370 e. The number of nitrogens with two attached hydrogens (primary N) is 3. The van der Waals surface area contributed by atoms with Crippen molar-refractivity contribution in [2.24, 2.45) is 29.0 Å². The second-order valence-electron chi connectivity index (χ2n) is 21.6. The van der Waals surface area contributed by atoms with E-state index in [1.54, 1.807) is 48.8 Å². The van der Waals surface area contributed by atoms with Crippen LogP contribution in [-0.4, -0.2) is 124 Å². The Labute approximate surface area is 469 Å². The van der Waals surface area contributed by atoms with Gasteiger partial charge in [-0.25, -0.2) is 0 Å². The Morgan fingerprint density at radius 2 is 0.877 bits per heavy atom. The van der Waals surface area contributed by atoms with E-state index in [1.165, 1.54) is 0 Å². The van der Waals surface area contributed by atoms with Crippen LogP contribution in [0.3, 0.4) is 0 Å². The molecule has 23 nitrogen and oxygen atoms in total. The standard InChI is InChI=1S/C58H77N13O10/c1-32(2)25-44(51(61)74)67-55(78)45(26-33(3)4)68-57(80)48(29-36-31-64-40-18-11-9-16-38(36)40)71-56(79)46(27-34-13-6-5-7-14-34)69-58(81)47(28-35-30-63-39-17-10-8-15-37(35)39)70-54(77)43(21-23-50(60)73)66-53(76)42(20-22-49(59)72)65-52(75)41-19-12-24-62-41/h5-11,13-18,30-33,41-48,62-64H,12,19-29H2,1-4H3,(H2,59,72)(H2,60,73)(H2,61,74)(H,65,75)(H,66,76)(H,67,78)(H,68,80)(H,69,81)(H,70,77)(H,71,79). The Hall–Kier alpha value is -8.60. The number of fused-ring (bicyclic) bond motifs is 2. The first-order valence-corrected chi connectivity index (χ1v) is 27.5. The van der Waals surface area contributed by atoms with Gasteiger partial charge in [0.15, 0.2) is 0 Å². The van der Waals surface area contributed by atoms with Gasteiger partial charge in [-0.3, -0.25) is 47.9 Å². The maximum absolute atomic E-state index is 15.1. The summed E-state index contributed by atoms with van der Waals surface area (Å²) in [7, 11) is 0. The van der Waals surface area contributed by atoms with Crippen molar-refractivity contribution in [2.45, 2.75) is 147 Å². The number of carbonyl (C=O) groups excluding carboxylic acids is 10. The molecule has 1 aliphatic heterocycles. The van der Waals surface area contributed by atoms with Gasteiger partial charge in [0.1, 0.15) is 42.3 Å². The summed E-state index contributed by atoms with van der Waals surface area (Å²) in [5.74, 6) is -7.71. The highest BCUT2D eigenvalue weighted by Crippen LogP contribution is 2.22. The third-order valence-electron chi connectivity index (χ3n) is 14.1. The molecular formula is C58H77N13O10. The molecule has 8 atom stereocenters. The van der Waals surface area contributed by atoms with Crippen LogP contribution in [0.2, 0.25) is 0 Å². The van der Waals surface area contributed by atoms with Crippen molar-refractivity contribution < 1.29 is 47.9 Å². The fraction of sp³-hybridized carbons (Fsp3) is 0.448. The molecular weight excluding hydrogens is 1040 g/mol. The number of hydrogen-bond donors (Lipinski definition) is 13. The fourth-order valence-electron chi connectivity index (χ4n) is 9.86. The lowest BCUT2D eigenvalue weighted by atomic mass is 9.98. The Kier molecular flexibility index (Phi) is 22.5. The van der Waals surface area contributed by atoms with Gasteiger partial charge in [0.25, 0.3) is 0 Å². The van der Waals surface area contributed by atoms with Crippen LogP contribution in [0, 0.1) is 11.8 Å². The minimum atomic E-state index is -1.52. The molecule has 8 unspecified atom stereocenters. The number of rotatable bonds is 31. The Morgan fingerprint density at radius 1 is 0.481 bits per heavy atom. The molecule has 16 N–H and O–H groups in total. The summed E-state index contributed by atoms with van der Waals surface area (Å²) in [4.78, 5) is 144. The summed E-state index contributed by atoms with van der Waals surface area (Å²) in [6, 6.07) is 13.5. The van der Waals surface area contributed by atoms with E-state index in [0.717, 1.165) is 22.8 Å². The SMILES string of the molecule is CC(C)CC(NC(=O)C(CC(C)C)NC(=O)C(Cc1c[nH]c2ccccc12)NC(=O)C(Cc1ccccc1)NC(=O)C(Cc1c[nH]c2ccccc12)NC(=O)C(CCC(N)=O)NC(=O)C(CCC(N)=O)NC(=O)C1CCCN1)C(N)=O. The van der Waals surface area contributed by atoms with E-state index >= 15 is 9.59 Å².